The maximum atomic E-state index is 13.0. The van der Waals surface area contributed by atoms with E-state index in [1.54, 1.807) is 0 Å². The minimum Gasteiger partial charge on any atom is -0.423 e. The lowest BCUT2D eigenvalue weighted by Crippen LogP contribution is -2.37. The van der Waals surface area contributed by atoms with E-state index in [2.05, 4.69) is 24.0 Å². The van der Waals surface area contributed by atoms with Crippen molar-refractivity contribution in [2.45, 2.75) is 46.1 Å². The number of H-pyrrole nitrogens is 1. The van der Waals surface area contributed by atoms with Crippen LogP contribution in [-0.4, -0.2) is 27.5 Å². The van der Waals surface area contributed by atoms with Gasteiger partial charge in [-0.15, -0.1) is 0 Å². The number of hydrogen-bond acceptors (Lipinski definition) is 4. The van der Waals surface area contributed by atoms with Gasteiger partial charge >= 0.3 is 5.63 Å². The van der Waals surface area contributed by atoms with Crippen LogP contribution in [0.5, 0.6) is 0 Å². The molecule has 1 aliphatic rings. The van der Waals surface area contributed by atoms with Gasteiger partial charge in [0.2, 0.25) is 5.91 Å². The van der Waals surface area contributed by atoms with Crippen LogP contribution < -0.4 is 5.63 Å². The Morgan fingerprint density at radius 1 is 1.33 bits per heavy atom. The Morgan fingerprint density at radius 3 is 2.93 bits per heavy atom. The van der Waals surface area contributed by atoms with E-state index in [9.17, 15) is 9.59 Å². The molecule has 0 saturated heterocycles. The third-order valence-electron chi connectivity index (χ3n) is 5.19. The SMILES string of the molecule is Cc1ccc2c(CC(=O)N3CCc4[nH]nc(C(C)C)c4C3)cc(=O)oc2c1. The first kappa shape index (κ1) is 17.5. The number of aryl methyl sites for hydroxylation is 1. The first-order valence-electron chi connectivity index (χ1n) is 9.29. The van der Waals surface area contributed by atoms with Gasteiger partial charge in [-0.2, -0.15) is 5.10 Å². The van der Waals surface area contributed by atoms with Gasteiger partial charge in [-0.1, -0.05) is 26.0 Å². The summed E-state index contributed by atoms with van der Waals surface area (Å²) < 4.78 is 5.30. The average molecular weight is 365 g/mol. The maximum Gasteiger partial charge on any atom is 0.336 e. The minimum atomic E-state index is -0.422. The van der Waals surface area contributed by atoms with Crippen molar-refractivity contribution in [3.8, 4) is 0 Å². The van der Waals surface area contributed by atoms with Crippen molar-refractivity contribution in [3.05, 3.63) is 62.8 Å². The van der Waals surface area contributed by atoms with Crippen LogP contribution in [0.15, 0.2) is 33.5 Å². The van der Waals surface area contributed by atoms with Crippen LogP contribution in [0.2, 0.25) is 0 Å². The van der Waals surface area contributed by atoms with Crippen molar-refractivity contribution >= 4 is 16.9 Å². The van der Waals surface area contributed by atoms with E-state index in [1.807, 2.05) is 30.0 Å². The van der Waals surface area contributed by atoms with Crippen molar-refractivity contribution in [3.63, 3.8) is 0 Å². The summed E-state index contributed by atoms with van der Waals surface area (Å²) in [5.41, 5.74) is 5.13. The summed E-state index contributed by atoms with van der Waals surface area (Å²) in [6.45, 7) is 7.38. The van der Waals surface area contributed by atoms with Gasteiger partial charge in [0, 0.05) is 42.2 Å². The fraction of sp³-hybridized carbons (Fsp3) is 0.381. The number of nitrogens with zero attached hydrogens (tertiary/aromatic N) is 2. The monoisotopic (exact) mass is 365 g/mol. The van der Waals surface area contributed by atoms with E-state index >= 15 is 0 Å². The third kappa shape index (κ3) is 3.27. The number of amides is 1. The fourth-order valence-corrected chi connectivity index (χ4v) is 3.77. The topological polar surface area (TPSA) is 79.2 Å². The summed E-state index contributed by atoms with van der Waals surface area (Å²) in [6.07, 6.45) is 0.965. The molecular weight excluding hydrogens is 342 g/mol. The van der Waals surface area contributed by atoms with Gasteiger partial charge in [0.05, 0.1) is 12.1 Å². The van der Waals surface area contributed by atoms with Crippen LogP contribution in [-0.2, 0) is 24.2 Å². The van der Waals surface area contributed by atoms with Crippen LogP contribution in [0.25, 0.3) is 11.0 Å². The molecule has 6 heteroatoms. The average Bonchev–Trinajstić information content (AvgIpc) is 3.04. The summed E-state index contributed by atoms with van der Waals surface area (Å²) >= 11 is 0. The molecule has 0 saturated carbocycles. The number of nitrogens with one attached hydrogen (secondary N) is 1. The van der Waals surface area contributed by atoms with Gasteiger partial charge in [0.15, 0.2) is 0 Å². The molecule has 3 aromatic rings. The first-order valence-corrected chi connectivity index (χ1v) is 9.29. The molecule has 0 spiro atoms. The fourth-order valence-electron chi connectivity index (χ4n) is 3.77. The summed E-state index contributed by atoms with van der Waals surface area (Å²) in [7, 11) is 0. The Morgan fingerprint density at radius 2 is 2.15 bits per heavy atom. The highest BCUT2D eigenvalue weighted by Gasteiger charge is 2.26. The lowest BCUT2D eigenvalue weighted by molar-refractivity contribution is -0.131. The van der Waals surface area contributed by atoms with E-state index in [0.717, 1.165) is 34.3 Å². The van der Waals surface area contributed by atoms with Crippen molar-refractivity contribution in [2.75, 3.05) is 6.54 Å². The van der Waals surface area contributed by atoms with Crippen LogP contribution in [0, 0.1) is 6.92 Å². The number of carbonyl (C=O) groups is 1. The van der Waals surface area contributed by atoms with Crippen LogP contribution in [0.3, 0.4) is 0 Å². The van der Waals surface area contributed by atoms with Gasteiger partial charge in [-0.25, -0.2) is 4.79 Å². The number of hydrogen-bond donors (Lipinski definition) is 1. The number of rotatable bonds is 3. The zero-order valence-electron chi connectivity index (χ0n) is 15.8. The van der Waals surface area contributed by atoms with Gasteiger partial charge < -0.3 is 9.32 Å². The molecule has 3 heterocycles. The van der Waals surface area contributed by atoms with E-state index < -0.39 is 5.63 Å². The molecule has 0 fully saturated rings. The second kappa shape index (κ2) is 6.68. The number of carbonyl (C=O) groups excluding carboxylic acids is 1. The lowest BCUT2D eigenvalue weighted by atomic mass is 9.98. The van der Waals surface area contributed by atoms with Gasteiger partial charge in [0.1, 0.15) is 5.58 Å². The zero-order chi connectivity index (χ0) is 19.1. The van der Waals surface area contributed by atoms with Crippen molar-refractivity contribution in [1.29, 1.82) is 0 Å². The molecular formula is C21H23N3O3. The smallest absolute Gasteiger partial charge is 0.336 e. The van der Waals surface area contributed by atoms with E-state index in [4.69, 9.17) is 4.42 Å². The normalized spacial score (nSPS) is 14.0. The van der Waals surface area contributed by atoms with E-state index in [1.165, 1.54) is 6.07 Å². The molecule has 1 N–H and O–H groups in total. The largest absolute Gasteiger partial charge is 0.423 e. The molecule has 1 amide bonds. The molecule has 0 atom stereocenters. The third-order valence-corrected chi connectivity index (χ3v) is 5.19. The summed E-state index contributed by atoms with van der Waals surface area (Å²) in [5.74, 6) is 0.329. The van der Waals surface area contributed by atoms with E-state index in [-0.39, 0.29) is 12.3 Å². The molecule has 0 aliphatic carbocycles. The molecule has 140 valence electrons. The van der Waals surface area contributed by atoms with Crippen molar-refractivity contribution in [1.82, 2.24) is 15.1 Å². The molecule has 0 bridgehead atoms. The second-order valence-corrected chi connectivity index (χ2v) is 7.55. The zero-order valence-corrected chi connectivity index (χ0v) is 15.8. The highest BCUT2D eigenvalue weighted by Crippen LogP contribution is 2.26. The predicted octanol–water partition coefficient (Wildman–Crippen LogP) is 3.08. The highest BCUT2D eigenvalue weighted by atomic mass is 16.4. The Kier molecular flexibility index (Phi) is 4.34. The number of aromatic nitrogens is 2. The molecule has 1 aromatic carbocycles. The molecule has 6 nitrogen and oxygen atoms in total. The lowest BCUT2D eigenvalue weighted by Gasteiger charge is -2.28. The maximum absolute atomic E-state index is 13.0. The summed E-state index contributed by atoms with van der Waals surface area (Å²) in [4.78, 5) is 26.7. The summed E-state index contributed by atoms with van der Waals surface area (Å²) in [5, 5.41) is 8.35. The molecule has 2 aromatic heterocycles. The number of aromatic amines is 1. The van der Waals surface area contributed by atoms with Crippen LogP contribution in [0.4, 0.5) is 0 Å². The Hall–Kier alpha value is -2.89. The van der Waals surface area contributed by atoms with Gasteiger partial charge in [-0.05, 0) is 30.0 Å². The molecule has 0 unspecified atom stereocenters. The molecule has 27 heavy (non-hydrogen) atoms. The Bertz CT molecular complexity index is 1080. The standard InChI is InChI=1S/C21H23N3O3/c1-12(2)21-16-11-24(7-6-17(16)22-23-21)19(25)9-14-10-20(26)27-18-8-13(3)4-5-15(14)18/h4-5,8,10,12H,6-7,9,11H2,1-3H3,(H,22,23). The molecule has 0 radical (unpaired) electrons. The minimum absolute atomic E-state index is 0.0176. The Labute approximate surface area is 157 Å². The summed E-state index contributed by atoms with van der Waals surface area (Å²) in [6, 6.07) is 7.14. The van der Waals surface area contributed by atoms with Crippen LogP contribution >= 0.6 is 0 Å². The second-order valence-electron chi connectivity index (χ2n) is 7.55. The van der Waals surface area contributed by atoms with E-state index in [0.29, 0.717) is 30.2 Å². The van der Waals surface area contributed by atoms with Crippen molar-refractivity contribution < 1.29 is 9.21 Å². The number of fused-ring (bicyclic) bond motifs is 2. The quantitative estimate of drug-likeness (QED) is 0.724. The molecule has 1 aliphatic heterocycles. The Balaban J connectivity index is 1.61. The van der Waals surface area contributed by atoms with Crippen molar-refractivity contribution in [2.24, 2.45) is 0 Å². The van der Waals surface area contributed by atoms with Gasteiger partial charge in [0.25, 0.3) is 0 Å². The first-order chi connectivity index (χ1) is 12.9. The van der Waals surface area contributed by atoms with Gasteiger partial charge in [-0.3, -0.25) is 9.89 Å². The van der Waals surface area contributed by atoms with Crippen LogP contribution in [0.1, 0.15) is 47.8 Å². The molecule has 4 rings (SSSR count). The predicted molar refractivity (Wildman–Crippen MR) is 103 cm³/mol. The highest BCUT2D eigenvalue weighted by molar-refractivity contribution is 5.87. The number of benzene rings is 1.